The molecule has 0 radical (unpaired) electrons. The van der Waals surface area contributed by atoms with Crippen LogP contribution in [0.3, 0.4) is 0 Å². The van der Waals surface area contributed by atoms with Gasteiger partial charge in [0.25, 0.3) is 0 Å². The van der Waals surface area contributed by atoms with E-state index in [1.54, 1.807) is 13.0 Å². The third-order valence-corrected chi connectivity index (χ3v) is 7.79. The van der Waals surface area contributed by atoms with E-state index in [0.29, 0.717) is 0 Å². The lowest BCUT2D eigenvalue weighted by Gasteiger charge is -2.39. The molecule has 0 spiro atoms. The van der Waals surface area contributed by atoms with Crippen molar-refractivity contribution in [2.24, 2.45) is 0 Å². The molecular formula is C12H25NO3Si. The van der Waals surface area contributed by atoms with Gasteiger partial charge in [0.2, 0.25) is 0 Å². The third kappa shape index (κ3) is 4.91. The molecule has 5 heteroatoms. The normalized spacial score (nSPS) is 16.1. The van der Waals surface area contributed by atoms with E-state index in [0.717, 1.165) is 0 Å². The molecule has 0 aliphatic rings. The average Bonchev–Trinajstić information content (AvgIpc) is 2.10. The predicted octanol–water partition coefficient (Wildman–Crippen LogP) is 3.22. The zero-order chi connectivity index (χ0) is 13.9. The first kappa shape index (κ1) is 16.2. The molecule has 0 aliphatic heterocycles. The van der Waals surface area contributed by atoms with Crippen LogP contribution in [0, 0.1) is 0 Å². The van der Waals surface area contributed by atoms with Crippen LogP contribution in [-0.2, 0) is 4.43 Å². The topological polar surface area (TPSA) is 58.6 Å². The molecule has 4 nitrogen and oxygen atoms in total. The first-order chi connectivity index (χ1) is 7.51. The minimum atomic E-state index is -1.91. The van der Waals surface area contributed by atoms with E-state index < -0.39 is 14.4 Å². The van der Waals surface area contributed by atoms with Crippen molar-refractivity contribution in [3.63, 3.8) is 0 Å². The summed E-state index contributed by atoms with van der Waals surface area (Å²) < 4.78 is 6.11. The molecule has 0 aromatic carbocycles. The van der Waals surface area contributed by atoms with Crippen LogP contribution in [0.15, 0.2) is 12.7 Å². The lowest BCUT2D eigenvalue weighted by atomic mass is 10.2. The van der Waals surface area contributed by atoms with Crippen LogP contribution in [0.1, 0.15) is 27.7 Å². The highest BCUT2D eigenvalue weighted by Gasteiger charge is 2.39. The van der Waals surface area contributed by atoms with Crippen molar-refractivity contribution < 1.29 is 14.3 Å². The molecule has 0 saturated heterocycles. The maximum atomic E-state index is 10.6. The van der Waals surface area contributed by atoms with Gasteiger partial charge in [-0.15, -0.1) is 6.58 Å². The summed E-state index contributed by atoms with van der Waals surface area (Å²) in [5.41, 5.74) is 0. The van der Waals surface area contributed by atoms with Gasteiger partial charge in [0.1, 0.15) is 0 Å². The van der Waals surface area contributed by atoms with Crippen molar-refractivity contribution in [3.8, 4) is 0 Å². The Kier molecular flexibility index (Phi) is 5.41. The molecule has 2 N–H and O–H groups in total. The molecule has 17 heavy (non-hydrogen) atoms. The van der Waals surface area contributed by atoms with E-state index in [2.05, 4.69) is 45.8 Å². The SMILES string of the molecule is C=CC(O[Si](C)(C)C(C)(C)C)C(C)NC(=O)O. The summed E-state index contributed by atoms with van der Waals surface area (Å²) in [6.07, 6.45) is 0.344. The van der Waals surface area contributed by atoms with Gasteiger partial charge in [-0.3, -0.25) is 0 Å². The summed E-state index contributed by atoms with van der Waals surface area (Å²) in [5, 5.41) is 11.2. The molecule has 0 aliphatic carbocycles. The lowest BCUT2D eigenvalue weighted by Crippen LogP contribution is -2.49. The fourth-order valence-electron chi connectivity index (χ4n) is 1.15. The minimum Gasteiger partial charge on any atom is -0.465 e. The highest BCUT2D eigenvalue weighted by Crippen LogP contribution is 2.37. The Balaban J connectivity index is 4.71. The molecule has 0 rings (SSSR count). The van der Waals surface area contributed by atoms with E-state index in [1.165, 1.54) is 0 Å². The standard InChI is InChI=1S/C12H25NO3Si/c1-8-10(9(2)13-11(14)15)16-17(6,7)12(3,4)5/h8-10,13H,1H2,2-7H3,(H,14,15). The van der Waals surface area contributed by atoms with Crippen LogP contribution in [-0.4, -0.2) is 31.7 Å². The number of hydrogen-bond donors (Lipinski definition) is 2. The van der Waals surface area contributed by atoms with Gasteiger partial charge >= 0.3 is 6.09 Å². The second-order valence-corrected chi connectivity index (χ2v) is 10.6. The van der Waals surface area contributed by atoms with E-state index in [4.69, 9.17) is 9.53 Å². The van der Waals surface area contributed by atoms with Crippen LogP contribution in [0.4, 0.5) is 4.79 Å². The summed E-state index contributed by atoms with van der Waals surface area (Å²) in [7, 11) is -1.91. The van der Waals surface area contributed by atoms with Crippen LogP contribution in [0.2, 0.25) is 18.1 Å². The van der Waals surface area contributed by atoms with Gasteiger partial charge in [-0.25, -0.2) is 4.79 Å². The fourth-order valence-corrected chi connectivity index (χ4v) is 2.48. The van der Waals surface area contributed by atoms with Crippen LogP contribution >= 0.6 is 0 Å². The van der Waals surface area contributed by atoms with Gasteiger partial charge < -0.3 is 14.8 Å². The molecule has 1 amide bonds. The molecular weight excluding hydrogens is 234 g/mol. The Morgan fingerprint density at radius 1 is 1.47 bits per heavy atom. The second kappa shape index (κ2) is 5.69. The molecule has 100 valence electrons. The smallest absolute Gasteiger partial charge is 0.404 e. The van der Waals surface area contributed by atoms with Gasteiger partial charge in [0.15, 0.2) is 8.32 Å². The zero-order valence-electron chi connectivity index (χ0n) is 11.7. The van der Waals surface area contributed by atoms with Crippen LogP contribution in [0.5, 0.6) is 0 Å². The molecule has 0 fully saturated rings. The number of rotatable bonds is 5. The minimum absolute atomic E-state index is 0.0944. The second-order valence-electron chi connectivity index (χ2n) is 5.82. The maximum Gasteiger partial charge on any atom is 0.404 e. The molecule has 0 bridgehead atoms. The number of amides is 1. The Morgan fingerprint density at radius 2 is 1.94 bits per heavy atom. The molecule has 0 saturated carbocycles. The Bertz CT molecular complexity index is 284. The third-order valence-electron chi connectivity index (χ3n) is 3.31. The molecule has 0 aromatic rings. The summed E-state index contributed by atoms with van der Waals surface area (Å²) in [6.45, 7) is 16.2. The highest BCUT2D eigenvalue weighted by molar-refractivity contribution is 6.74. The van der Waals surface area contributed by atoms with E-state index in [9.17, 15) is 4.79 Å². The van der Waals surface area contributed by atoms with Crippen molar-refractivity contribution in [3.05, 3.63) is 12.7 Å². The summed E-state index contributed by atoms with van der Waals surface area (Å²) >= 11 is 0. The molecule has 2 atom stereocenters. The van der Waals surface area contributed by atoms with Crippen LogP contribution in [0.25, 0.3) is 0 Å². The van der Waals surface area contributed by atoms with Gasteiger partial charge in [0, 0.05) is 0 Å². The fraction of sp³-hybridized carbons (Fsp3) is 0.750. The monoisotopic (exact) mass is 259 g/mol. The number of carbonyl (C=O) groups is 1. The maximum absolute atomic E-state index is 10.6. The largest absolute Gasteiger partial charge is 0.465 e. The first-order valence-corrected chi connectivity index (χ1v) is 8.72. The first-order valence-electron chi connectivity index (χ1n) is 5.81. The number of hydrogen-bond acceptors (Lipinski definition) is 2. The summed E-state index contributed by atoms with van der Waals surface area (Å²) in [6, 6.07) is -0.292. The van der Waals surface area contributed by atoms with Crippen molar-refractivity contribution >= 4 is 14.4 Å². The highest BCUT2D eigenvalue weighted by atomic mass is 28.4. The van der Waals surface area contributed by atoms with E-state index in [-0.39, 0.29) is 17.2 Å². The van der Waals surface area contributed by atoms with Gasteiger partial charge in [-0.1, -0.05) is 26.8 Å². The van der Waals surface area contributed by atoms with Crippen LogP contribution < -0.4 is 5.32 Å². The predicted molar refractivity (Wildman–Crippen MR) is 72.9 cm³/mol. The van der Waals surface area contributed by atoms with Gasteiger partial charge in [-0.2, -0.15) is 0 Å². The Hall–Kier alpha value is -0.813. The molecule has 0 aromatic heterocycles. The van der Waals surface area contributed by atoms with Gasteiger partial charge in [0.05, 0.1) is 12.1 Å². The van der Waals surface area contributed by atoms with Crippen molar-refractivity contribution in [2.75, 3.05) is 0 Å². The lowest BCUT2D eigenvalue weighted by molar-refractivity contribution is 0.160. The molecule has 0 heterocycles. The van der Waals surface area contributed by atoms with Crippen molar-refractivity contribution in [2.45, 2.75) is 58.0 Å². The summed E-state index contributed by atoms with van der Waals surface area (Å²) in [4.78, 5) is 10.6. The molecule has 2 unspecified atom stereocenters. The zero-order valence-corrected chi connectivity index (χ0v) is 12.7. The number of nitrogens with one attached hydrogen (secondary N) is 1. The Morgan fingerprint density at radius 3 is 2.24 bits per heavy atom. The Labute approximate surface area is 105 Å². The number of carboxylic acid groups (broad SMARTS) is 1. The van der Waals surface area contributed by atoms with Gasteiger partial charge in [-0.05, 0) is 25.1 Å². The quantitative estimate of drug-likeness (QED) is 0.589. The van der Waals surface area contributed by atoms with Crippen molar-refractivity contribution in [1.29, 1.82) is 0 Å². The van der Waals surface area contributed by atoms with Crippen molar-refractivity contribution in [1.82, 2.24) is 5.32 Å². The average molecular weight is 259 g/mol. The summed E-state index contributed by atoms with van der Waals surface area (Å²) in [5.74, 6) is 0. The van der Waals surface area contributed by atoms with E-state index >= 15 is 0 Å². The van der Waals surface area contributed by atoms with E-state index in [1.807, 2.05) is 0 Å².